The van der Waals surface area contributed by atoms with Crippen LogP contribution < -0.4 is 14.8 Å². The highest BCUT2D eigenvalue weighted by Gasteiger charge is 2.25. The van der Waals surface area contributed by atoms with Crippen LogP contribution in [-0.4, -0.2) is 44.7 Å². The molecule has 0 aromatic heterocycles. The lowest BCUT2D eigenvalue weighted by atomic mass is 10.1. The van der Waals surface area contributed by atoms with Gasteiger partial charge in [-0.15, -0.1) is 0 Å². The van der Waals surface area contributed by atoms with Crippen molar-refractivity contribution < 1.29 is 14.3 Å². The molecule has 1 aliphatic heterocycles. The second-order valence-corrected chi connectivity index (χ2v) is 4.78. The zero-order chi connectivity index (χ0) is 13.8. The number of methoxy groups -OCH3 is 2. The van der Waals surface area contributed by atoms with Crippen LogP contribution in [0.4, 0.5) is 0 Å². The van der Waals surface area contributed by atoms with Gasteiger partial charge >= 0.3 is 0 Å². The van der Waals surface area contributed by atoms with E-state index in [1.807, 2.05) is 25.2 Å². The van der Waals surface area contributed by atoms with Crippen molar-refractivity contribution in [3.8, 4) is 11.5 Å². The molecule has 1 heterocycles. The summed E-state index contributed by atoms with van der Waals surface area (Å²) in [5.41, 5.74) is 1.08. The Kier molecular flexibility index (Phi) is 4.27. The number of benzene rings is 1. The second-order valence-electron chi connectivity index (χ2n) is 4.78. The number of hydrogen-bond donors (Lipinski definition) is 1. The molecular weight excluding hydrogens is 244 g/mol. The minimum Gasteiger partial charge on any atom is -0.497 e. The third-order valence-corrected chi connectivity index (χ3v) is 3.35. The summed E-state index contributed by atoms with van der Waals surface area (Å²) in [7, 11) is 5.10. The highest BCUT2D eigenvalue weighted by molar-refractivity contribution is 5.78. The number of amides is 1. The predicted molar refractivity (Wildman–Crippen MR) is 72.4 cm³/mol. The lowest BCUT2D eigenvalue weighted by Gasteiger charge is -2.13. The Morgan fingerprint density at radius 2 is 1.89 bits per heavy atom. The van der Waals surface area contributed by atoms with Gasteiger partial charge in [0, 0.05) is 38.7 Å². The Hall–Kier alpha value is -1.75. The Labute approximate surface area is 113 Å². The molecule has 1 atom stereocenters. The molecule has 2 rings (SSSR count). The second kappa shape index (κ2) is 5.93. The van der Waals surface area contributed by atoms with Crippen LogP contribution >= 0.6 is 0 Å². The average Bonchev–Trinajstić information content (AvgIpc) is 2.75. The monoisotopic (exact) mass is 264 g/mol. The predicted octanol–water partition coefficient (Wildman–Crippen LogP) is 1.02. The molecule has 1 saturated heterocycles. The number of nitrogens with one attached hydrogen (secondary N) is 1. The van der Waals surface area contributed by atoms with E-state index < -0.39 is 0 Å². The van der Waals surface area contributed by atoms with Gasteiger partial charge in [0.05, 0.1) is 14.2 Å². The molecule has 0 radical (unpaired) electrons. The van der Waals surface area contributed by atoms with E-state index in [1.165, 1.54) is 0 Å². The molecule has 1 N–H and O–H groups in total. The molecular formula is C14H20N2O3. The highest BCUT2D eigenvalue weighted by Crippen LogP contribution is 2.22. The summed E-state index contributed by atoms with van der Waals surface area (Å²) in [6.07, 6.45) is 0.567. The molecule has 0 saturated carbocycles. The minimum absolute atomic E-state index is 0.195. The van der Waals surface area contributed by atoms with Gasteiger partial charge in [-0.25, -0.2) is 0 Å². The molecule has 1 aromatic carbocycles. The number of rotatable bonds is 5. The van der Waals surface area contributed by atoms with Gasteiger partial charge < -0.3 is 19.7 Å². The molecule has 19 heavy (non-hydrogen) atoms. The lowest BCUT2D eigenvalue weighted by molar-refractivity contribution is -0.126. The van der Waals surface area contributed by atoms with Crippen molar-refractivity contribution in [1.82, 2.24) is 10.2 Å². The van der Waals surface area contributed by atoms with Gasteiger partial charge in [-0.2, -0.15) is 0 Å². The van der Waals surface area contributed by atoms with Crippen LogP contribution in [0.15, 0.2) is 18.2 Å². The number of carbonyl (C=O) groups excluding carboxylic acids is 1. The first kappa shape index (κ1) is 13.7. The summed E-state index contributed by atoms with van der Waals surface area (Å²) in [4.78, 5) is 13.2. The van der Waals surface area contributed by atoms with Crippen LogP contribution in [0.3, 0.4) is 0 Å². The maximum atomic E-state index is 11.4. The topological polar surface area (TPSA) is 50.8 Å². The summed E-state index contributed by atoms with van der Waals surface area (Å²) in [5, 5.41) is 3.39. The fourth-order valence-corrected chi connectivity index (χ4v) is 2.23. The average molecular weight is 264 g/mol. The third kappa shape index (κ3) is 3.38. The molecule has 1 aliphatic rings. The van der Waals surface area contributed by atoms with E-state index in [0.717, 1.165) is 23.6 Å². The highest BCUT2D eigenvalue weighted by atomic mass is 16.5. The molecule has 0 aliphatic carbocycles. The molecule has 5 nitrogen and oxygen atoms in total. The van der Waals surface area contributed by atoms with E-state index >= 15 is 0 Å². The minimum atomic E-state index is 0.195. The smallest absolute Gasteiger partial charge is 0.224 e. The SMILES string of the molecule is COc1cc(CN[C@@H]2CC(=O)N(C)C2)cc(OC)c1. The van der Waals surface area contributed by atoms with Gasteiger partial charge in [0.1, 0.15) is 11.5 Å². The zero-order valence-electron chi connectivity index (χ0n) is 11.6. The molecule has 1 fully saturated rings. The van der Waals surface area contributed by atoms with Crippen molar-refractivity contribution in [3.05, 3.63) is 23.8 Å². The molecule has 104 valence electrons. The zero-order valence-corrected chi connectivity index (χ0v) is 11.6. The van der Waals surface area contributed by atoms with E-state index in [9.17, 15) is 4.79 Å². The number of likely N-dealkylation sites (tertiary alicyclic amines) is 1. The fraction of sp³-hybridized carbons (Fsp3) is 0.500. The molecule has 5 heteroatoms. The largest absolute Gasteiger partial charge is 0.497 e. The van der Waals surface area contributed by atoms with Gasteiger partial charge in [0.2, 0.25) is 5.91 Å². The van der Waals surface area contributed by atoms with Crippen LogP contribution in [0.25, 0.3) is 0 Å². The third-order valence-electron chi connectivity index (χ3n) is 3.35. The van der Waals surface area contributed by atoms with Crippen LogP contribution in [0.5, 0.6) is 11.5 Å². The van der Waals surface area contributed by atoms with Gasteiger partial charge in [-0.3, -0.25) is 4.79 Å². The summed E-state index contributed by atoms with van der Waals surface area (Å²) >= 11 is 0. The van der Waals surface area contributed by atoms with Crippen molar-refractivity contribution in [2.45, 2.75) is 19.0 Å². The van der Waals surface area contributed by atoms with Crippen molar-refractivity contribution in [1.29, 1.82) is 0 Å². The first-order valence-corrected chi connectivity index (χ1v) is 6.31. The van der Waals surface area contributed by atoms with E-state index in [-0.39, 0.29) is 11.9 Å². The Morgan fingerprint density at radius 3 is 2.37 bits per heavy atom. The van der Waals surface area contributed by atoms with Crippen LogP contribution in [0, 0.1) is 0 Å². The first-order valence-electron chi connectivity index (χ1n) is 6.31. The Morgan fingerprint density at radius 1 is 1.26 bits per heavy atom. The standard InChI is InChI=1S/C14H20N2O3/c1-16-9-11(6-14(16)17)15-8-10-4-12(18-2)7-13(5-10)19-3/h4-5,7,11,15H,6,8-9H2,1-3H3/t11-/m1/s1. The van der Waals surface area contributed by atoms with Crippen LogP contribution in [0.2, 0.25) is 0 Å². The van der Waals surface area contributed by atoms with E-state index in [4.69, 9.17) is 9.47 Å². The van der Waals surface area contributed by atoms with Crippen molar-refractivity contribution in [3.63, 3.8) is 0 Å². The van der Waals surface area contributed by atoms with Gasteiger partial charge in [0.15, 0.2) is 0 Å². The number of carbonyl (C=O) groups is 1. The Bertz CT molecular complexity index is 440. The number of ether oxygens (including phenoxy) is 2. The van der Waals surface area contributed by atoms with Crippen LogP contribution in [0.1, 0.15) is 12.0 Å². The van der Waals surface area contributed by atoms with Crippen molar-refractivity contribution in [2.24, 2.45) is 0 Å². The van der Waals surface area contributed by atoms with E-state index in [1.54, 1.807) is 19.1 Å². The van der Waals surface area contributed by atoms with E-state index in [0.29, 0.717) is 13.0 Å². The van der Waals surface area contributed by atoms with Gasteiger partial charge in [-0.05, 0) is 17.7 Å². The number of likely N-dealkylation sites (N-methyl/N-ethyl adjacent to an activating group) is 1. The summed E-state index contributed by atoms with van der Waals surface area (Å²) in [6.45, 7) is 1.46. The summed E-state index contributed by atoms with van der Waals surface area (Å²) < 4.78 is 10.5. The van der Waals surface area contributed by atoms with E-state index in [2.05, 4.69) is 5.32 Å². The number of hydrogen-bond acceptors (Lipinski definition) is 4. The molecule has 1 aromatic rings. The van der Waals surface area contributed by atoms with Crippen LogP contribution in [-0.2, 0) is 11.3 Å². The van der Waals surface area contributed by atoms with Crippen molar-refractivity contribution >= 4 is 5.91 Å². The fourth-order valence-electron chi connectivity index (χ4n) is 2.23. The molecule has 0 bridgehead atoms. The number of nitrogens with zero attached hydrogens (tertiary/aromatic N) is 1. The first-order chi connectivity index (χ1) is 9.12. The lowest BCUT2D eigenvalue weighted by Crippen LogP contribution is -2.31. The summed E-state index contributed by atoms with van der Waals surface area (Å²) in [6, 6.07) is 6.00. The normalized spacial score (nSPS) is 18.8. The maximum absolute atomic E-state index is 11.4. The quantitative estimate of drug-likeness (QED) is 0.863. The van der Waals surface area contributed by atoms with Crippen molar-refractivity contribution in [2.75, 3.05) is 27.8 Å². The molecule has 0 unspecified atom stereocenters. The van der Waals surface area contributed by atoms with Gasteiger partial charge in [-0.1, -0.05) is 0 Å². The Balaban J connectivity index is 1.97. The molecule has 1 amide bonds. The molecule has 0 spiro atoms. The van der Waals surface area contributed by atoms with Gasteiger partial charge in [0.25, 0.3) is 0 Å². The maximum Gasteiger partial charge on any atom is 0.224 e. The summed E-state index contributed by atoms with van der Waals surface area (Å²) in [5.74, 6) is 1.74.